The van der Waals surface area contributed by atoms with Gasteiger partial charge < -0.3 is 5.41 Å². The van der Waals surface area contributed by atoms with Crippen molar-refractivity contribution in [2.75, 3.05) is 0 Å². The van der Waals surface area contributed by atoms with Gasteiger partial charge in [0.1, 0.15) is 0 Å². The van der Waals surface area contributed by atoms with Crippen molar-refractivity contribution >= 4 is 18.1 Å². The van der Waals surface area contributed by atoms with Gasteiger partial charge in [0, 0.05) is 24.6 Å². The standard InChI is InChI=1S/C21H32FN4/c1-4-15(12-23)21(24)26-14(3)5-8-19(26)17-9-10-25-20(17)16-6-7-18(22)13(2)11-16/h4,10,12,14,16-17,20-21,23H,5-9,11,24H2,1-3H3/q+1. The van der Waals surface area contributed by atoms with Crippen molar-refractivity contribution < 1.29 is 8.97 Å². The van der Waals surface area contributed by atoms with Gasteiger partial charge in [0.25, 0.3) is 0 Å². The van der Waals surface area contributed by atoms with Crippen LogP contribution in [0.4, 0.5) is 4.39 Å². The smallest absolute Gasteiger partial charge is 0.231 e. The maximum absolute atomic E-state index is 13.8. The largest absolute Gasteiger partial charge is 0.308 e. The molecule has 0 spiro atoms. The van der Waals surface area contributed by atoms with Crippen LogP contribution in [0, 0.1) is 17.2 Å². The van der Waals surface area contributed by atoms with E-state index in [-0.39, 0.29) is 18.0 Å². The molecule has 2 aliphatic heterocycles. The van der Waals surface area contributed by atoms with E-state index in [1.807, 2.05) is 19.9 Å². The minimum absolute atomic E-state index is 0.0780. The monoisotopic (exact) mass is 359 g/mol. The molecule has 0 fully saturated rings. The second kappa shape index (κ2) is 7.95. The van der Waals surface area contributed by atoms with Gasteiger partial charge in [0.05, 0.1) is 17.8 Å². The van der Waals surface area contributed by atoms with Gasteiger partial charge in [0.15, 0.2) is 11.8 Å². The normalized spacial score (nSPS) is 34.0. The highest BCUT2D eigenvalue weighted by molar-refractivity contribution is 5.88. The van der Waals surface area contributed by atoms with Gasteiger partial charge in [-0.05, 0) is 64.2 Å². The maximum atomic E-state index is 13.8. The van der Waals surface area contributed by atoms with E-state index >= 15 is 0 Å². The van der Waals surface area contributed by atoms with Crippen molar-refractivity contribution in [3.05, 3.63) is 23.0 Å². The van der Waals surface area contributed by atoms with Crippen LogP contribution in [-0.2, 0) is 0 Å². The van der Waals surface area contributed by atoms with E-state index in [0.29, 0.717) is 24.3 Å². The number of nitrogens with two attached hydrogens (primary N) is 1. The third-order valence-corrected chi connectivity index (χ3v) is 6.49. The second-order valence-electron chi connectivity index (χ2n) is 8.02. The van der Waals surface area contributed by atoms with Crippen LogP contribution >= 0.6 is 0 Å². The Hall–Kier alpha value is -1.62. The van der Waals surface area contributed by atoms with Crippen molar-refractivity contribution in [1.82, 2.24) is 0 Å². The first-order chi connectivity index (χ1) is 12.5. The molecule has 0 radical (unpaired) electrons. The molecule has 26 heavy (non-hydrogen) atoms. The third kappa shape index (κ3) is 3.46. The summed E-state index contributed by atoms with van der Waals surface area (Å²) in [6.45, 7) is 6.08. The summed E-state index contributed by atoms with van der Waals surface area (Å²) < 4.78 is 16.1. The predicted molar refractivity (Wildman–Crippen MR) is 106 cm³/mol. The number of halogens is 1. The fourth-order valence-corrected chi connectivity index (χ4v) is 4.98. The van der Waals surface area contributed by atoms with Crippen LogP contribution in [0.2, 0.25) is 0 Å². The molecule has 5 atom stereocenters. The Morgan fingerprint density at radius 1 is 1.42 bits per heavy atom. The summed E-state index contributed by atoms with van der Waals surface area (Å²) in [7, 11) is 0. The molecule has 1 aliphatic carbocycles. The molecular weight excluding hydrogens is 327 g/mol. The van der Waals surface area contributed by atoms with Crippen LogP contribution in [0.15, 0.2) is 28.0 Å². The van der Waals surface area contributed by atoms with E-state index in [1.165, 1.54) is 11.9 Å². The Kier molecular flexibility index (Phi) is 5.86. The zero-order valence-corrected chi connectivity index (χ0v) is 16.2. The van der Waals surface area contributed by atoms with Crippen LogP contribution in [0.1, 0.15) is 59.3 Å². The molecule has 0 aromatic carbocycles. The summed E-state index contributed by atoms with van der Waals surface area (Å²) in [5.74, 6) is 0.867. The van der Waals surface area contributed by atoms with Crippen LogP contribution < -0.4 is 5.73 Å². The minimum Gasteiger partial charge on any atom is -0.308 e. The number of rotatable bonds is 5. The lowest BCUT2D eigenvalue weighted by molar-refractivity contribution is -0.582. The Bertz CT molecular complexity index is 688. The second-order valence-corrected chi connectivity index (χ2v) is 8.02. The molecule has 5 heteroatoms. The highest BCUT2D eigenvalue weighted by Gasteiger charge is 2.45. The van der Waals surface area contributed by atoms with Gasteiger partial charge in [-0.1, -0.05) is 6.08 Å². The first kappa shape index (κ1) is 19.2. The van der Waals surface area contributed by atoms with Gasteiger partial charge in [0.2, 0.25) is 6.17 Å². The van der Waals surface area contributed by atoms with Gasteiger partial charge in [-0.3, -0.25) is 10.7 Å². The van der Waals surface area contributed by atoms with Crippen LogP contribution in [0.5, 0.6) is 0 Å². The zero-order valence-electron chi connectivity index (χ0n) is 16.2. The highest BCUT2D eigenvalue weighted by atomic mass is 19.1. The molecule has 3 aliphatic rings. The molecule has 3 N–H and O–H groups in total. The van der Waals surface area contributed by atoms with E-state index in [0.717, 1.165) is 43.3 Å². The van der Waals surface area contributed by atoms with Crippen molar-refractivity contribution in [3.63, 3.8) is 0 Å². The maximum Gasteiger partial charge on any atom is 0.231 e. The molecule has 4 nitrogen and oxygen atoms in total. The zero-order chi connectivity index (χ0) is 18.8. The van der Waals surface area contributed by atoms with E-state index in [4.69, 9.17) is 16.1 Å². The lowest BCUT2D eigenvalue weighted by Gasteiger charge is -2.30. The molecule has 0 bridgehead atoms. The van der Waals surface area contributed by atoms with Gasteiger partial charge in [-0.15, -0.1) is 0 Å². The molecule has 142 valence electrons. The summed E-state index contributed by atoms with van der Waals surface area (Å²) in [5, 5.41) is 7.66. The van der Waals surface area contributed by atoms with Crippen LogP contribution in [-0.4, -0.2) is 41.0 Å². The fraction of sp³-hybridized carbons (Fsp3) is 0.667. The van der Waals surface area contributed by atoms with Crippen molar-refractivity contribution in [1.29, 1.82) is 5.41 Å². The first-order valence-electron chi connectivity index (χ1n) is 9.90. The van der Waals surface area contributed by atoms with E-state index in [1.54, 1.807) is 0 Å². The predicted octanol–water partition coefficient (Wildman–Crippen LogP) is 4.01. The summed E-state index contributed by atoms with van der Waals surface area (Å²) in [6.07, 6.45) is 10.5. The molecule has 3 rings (SSSR count). The topological polar surface area (TPSA) is 65.2 Å². The van der Waals surface area contributed by atoms with Crippen molar-refractivity contribution in [3.8, 4) is 0 Å². The number of nitrogens with zero attached hydrogens (tertiary/aromatic N) is 2. The SMILES string of the molecule is CC=C(C=N)C(N)[N+]1=C(C2CC=NC2C2CCC(F)=C(C)C2)CCC1C. The van der Waals surface area contributed by atoms with Crippen LogP contribution in [0.25, 0.3) is 0 Å². The Morgan fingerprint density at radius 3 is 2.85 bits per heavy atom. The quantitative estimate of drug-likeness (QED) is 0.565. The Morgan fingerprint density at radius 2 is 2.19 bits per heavy atom. The van der Waals surface area contributed by atoms with Crippen molar-refractivity contribution in [2.45, 2.75) is 77.5 Å². The summed E-state index contributed by atoms with van der Waals surface area (Å²) in [4.78, 5) is 4.83. The highest BCUT2D eigenvalue weighted by Crippen LogP contribution is 2.39. The molecule has 0 saturated carbocycles. The molecule has 0 saturated heterocycles. The van der Waals surface area contributed by atoms with E-state index < -0.39 is 0 Å². The minimum atomic E-state index is -0.267. The molecule has 0 aromatic heterocycles. The summed E-state index contributed by atoms with van der Waals surface area (Å²) in [6, 6.07) is 0.615. The molecule has 2 heterocycles. The first-order valence-corrected chi connectivity index (χ1v) is 9.90. The number of nitrogens with one attached hydrogen (secondary N) is 1. The lowest BCUT2D eigenvalue weighted by Crippen LogP contribution is -2.44. The number of allylic oxidation sites excluding steroid dienone is 3. The van der Waals surface area contributed by atoms with Crippen LogP contribution in [0.3, 0.4) is 0 Å². The number of hydrogen-bond acceptors (Lipinski definition) is 3. The third-order valence-electron chi connectivity index (χ3n) is 6.49. The molecule has 5 unspecified atom stereocenters. The van der Waals surface area contributed by atoms with Crippen molar-refractivity contribution in [2.24, 2.45) is 22.6 Å². The summed E-state index contributed by atoms with van der Waals surface area (Å²) in [5.41, 5.74) is 9.69. The average Bonchev–Trinajstić information content (AvgIpc) is 3.24. The number of hydrogen-bond donors (Lipinski definition) is 2. The number of aliphatic imine (C=N–C) groups is 1. The molecule has 0 amide bonds. The lowest BCUT2D eigenvalue weighted by atomic mass is 9.77. The average molecular weight is 360 g/mol. The fourth-order valence-electron chi connectivity index (χ4n) is 4.98. The van der Waals surface area contributed by atoms with E-state index in [2.05, 4.69) is 17.7 Å². The van der Waals surface area contributed by atoms with E-state index in [9.17, 15) is 4.39 Å². The van der Waals surface area contributed by atoms with Gasteiger partial charge >= 0.3 is 0 Å². The van der Waals surface area contributed by atoms with Gasteiger partial charge in [-0.2, -0.15) is 0 Å². The summed E-state index contributed by atoms with van der Waals surface area (Å²) >= 11 is 0. The van der Waals surface area contributed by atoms with Gasteiger partial charge in [-0.25, -0.2) is 8.97 Å². The molecular formula is C21H32FN4+. The Labute approximate surface area is 156 Å². The Balaban J connectivity index is 1.89. The molecule has 0 aromatic rings.